The van der Waals surface area contributed by atoms with E-state index in [9.17, 15) is 4.79 Å². The summed E-state index contributed by atoms with van der Waals surface area (Å²) in [6.07, 6.45) is 1.67. The fraction of sp³-hybridized carbons (Fsp3) is 0.625. The van der Waals surface area contributed by atoms with E-state index in [1.807, 2.05) is 13.8 Å². The number of cyclic esters (lactones) is 1. The highest BCUT2D eigenvalue weighted by atomic mass is 35.5. The first-order valence-corrected chi connectivity index (χ1v) is 4.40. The first kappa shape index (κ1) is 9.87. The average molecular weight is 209 g/mol. The molecule has 12 heavy (non-hydrogen) atoms. The van der Waals surface area contributed by atoms with Gasteiger partial charge in [-0.3, -0.25) is 4.79 Å². The van der Waals surface area contributed by atoms with Gasteiger partial charge in [0.05, 0.1) is 6.42 Å². The molecular formula is C8H10Cl2O2. The maximum atomic E-state index is 10.9. The standard InChI is InChI=1S/C8H10Cl2O2/c1-8(2)4-7(11)12-5(8)3-6(9)10/h3,5H,4H2,1-2H3. The van der Waals surface area contributed by atoms with E-state index >= 15 is 0 Å². The van der Waals surface area contributed by atoms with Crippen LogP contribution in [0.5, 0.6) is 0 Å². The molecule has 4 heteroatoms. The number of rotatable bonds is 1. The van der Waals surface area contributed by atoms with E-state index in [2.05, 4.69) is 0 Å². The molecule has 1 unspecified atom stereocenters. The third-order valence-electron chi connectivity index (χ3n) is 1.91. The molecule has 0 aromatic carbocycles. The third-order valence-corrected chi connectivity index (χ3v) is 2.16. The smallest absolute Gasteiger partial charge is 0.307 e. The van der Waals surface area contributed by atoms with Gasteiger partial charge in [-0.25, -0.2) is 0 Å². The van der Waals surface area contributed by atoms with Crippen LogP contribution in [-0.2, 0) is 9.53 Å². The zero-order chi connectivity index (χ0) is 9.35. The molecule has 1 fully saturated rings. The quantitative estimate of drug-likeness (QED) is 0.620. The zero-order valence-electron chi connectivity index (χ0n) is 6.93. The van der Waals surface area contributed by atoms with E-state index in [0.29, 0.717) is 6.42 Å². The molecule has 1 heterocycles. The van der Waals surface area contributed by atoms with Crippen LogP contribution in [0.3, 0.4) is 0 Å². The minimum absolute atomic E-state index is 0.141. The second-order valence-electron chi connectivity index (χ2n) is 3.53. The summed E-state index contributed by atoms with van der Waals surface area (Å²) in [5.74, 6) is -0.198. The minimum Gasteiger partial charge on any atom is -0.457 e. The van der Waals surface area contributed by atoms with Gasteiger partial charge in [-0.1, -0.05) is 37.0 Å². The molecule has 1 atom stereocenters. The Morgan fingerprint density at radius 3 is 2.58 bits per heavy atom. The summed E-state index contributed by atoms with van der Waals surface area (Å²) >= 11 is 10.9. The molecule has 68 valence electrons. The molecule has 0 aromatic heterocycles. The van der Waals surface area contributed by atoms with Crippen LogP contribution in [0.1, 0.15) is 20.3 Å². The zero-order valence-corrected chi connectivity index (χ0v) is 8.45. The van der Waals surface area contributed by atoms with Crippen molar-refractivity contribution in [2.75, 3.05) is 0 Å². The van der Waals surface area contributed by atoms with E-state index in [0.717, 1.165) is 0 Å². The SMILES string of the molecule is CC1(C)CC(=O)OC1C=C(Cl)Cl. The summed E-state index contributed by atoms with van der Waals surface area (Å²) < 4.78 is 5.14. The van der Waals surface area contributed by atoms with Crippen LogP contribution in [-0.4, -0.2) is 12.1 Å². The van der Waals surface area contributed by atoms with Gasteiger partial charge in [0.15, 0.2) is 0 Å². The van der Waals surface area contributed by atoms with Crippen molar-refractivity contribution in [1.29, 1.82) is 0 Å². The van der Waals surface area contributed by atoms with Gasteiger partial charge >= 0.3 is 5.97 Å². The van der Waals surface area contributed by atoms with Crippen molar-refractivity contribution in [2.45, 2.75) is 26.4 Å². The Labute approximate surface area is 81.5 Å². The van der Waals surface area contributed by atoms with E-state index in [1.54, 1.807) is 6.08 Å². The predicted molar refractivity (Wildman–Crippen MR) is 48.1 cm³/mol. The van der Waals surface area contributed by atoms with Gasteiger partial charge in [0, 0.05) is 5.41 Å². The van der Waals surface area contributed by atoms with Crippen LogP contribution in [0.25, 0.3) is 0 Å². The predicted octanol–water partition coefficient (Wildman–Crippen LogP) is 2.65. The van der Waals surface area contributed by atoms with Crippen molar-refractivity contribution in [3.05, 3.63) is 10.6 Å². The average Bonchev–Trinajstić information content (AvgIpc) is 2.04. The number of ether oxygens (including phenoxy) is 1. The molecule has 0 spiro atoms. The lowest BCUT2D eigenvalue weighted by molar-refractivity contribution is -0.140. The van der Waals surface area contributed by atoms with Gasteiger partial charge in [-0.15, -0.1) is 0 Å². The highest BCUT2D eigenvalue weighted by molar-refractivity contribution is 6.55. The Hall–Kier alpha value is -0.210. The molecule has 0 N–H and O–H groups in total. The summed E-state index contributed by atoms with van der Waals surface area (Å²) in [7, 11) is 0. The lowest BCUT2D eigenvalue weighted by Crippen LogP contribution is -2.21. The second-order valence-corrected chi connectivity index (χ2v) is 4.54. The van der Waals surface area contributed by atoms with E-state index in [1.165, 1.54) is 0 Å². The topological polar surface area (TPSA) is 26.3 Å². The van der Waals surface area contributed by atoms with Gasteiger partial charge in [0.2, 0.25) is 0 Å². The van der Waals surface area contributed by atoms with Gasteiger partial charge < -0.3 is 4.74 Å². The maximum absolute atomic E-state index is 10.9. The summed E-state index contributed by atoms with van der Waals surface area (Å²) in [6.45, 7) is 3.88. The monoisotopic (exact) mass is 208 g/mol. The van der Waals surface area contributed by atoms with E-state index in [4.69, 9.17) is 27.9 Å². The fourth-order valence-electron chi connectivity index (χ4n) is 1.19. The van der Waals surface area contributed by atoms with Crippen LogP contribution in [0.15, 0.2) is 10.6 Å². The number of carbonyl (C=O) groups is 1. The molecular weight excluding hydrogens is 199 g/mol. The summed E-state index contributed by atoms with van der Waals surface area (Å²) in [4.78, 5) is 10.9. The molecule has 0 bridgehead atoms. The Kier molecular flexibility index (Phi) is 2.69. The van der Waals surface area contributed by atoms with Crippen molar-refractivity contribution in [3.8, 4) is 0 Å². The first-order valence-electron chi connectivity index (χ1n) is 3.64. The summed E-state index contributed by atoms with van der Waals surface area (Å²) in [5.41, 5.74) is -0.202. The van der Waals surface area contributed by atoms with E-state index in [-0.39, 0.29) is 22.0 Å². The highest BCUT2D eigenvalue weighted by Crippen LogP contribution is 2.36. The third kappa shape index (κ3) is 2.14. The van der Waals surface area contributed by atoms with Crippen molar-refractivity contribution >= 4 is 29.2 Å². The number of esters is 1. The van der Waals surface area contributed by atoms with Crippen LogP contribution < -0.4 is 0 Å². The van der Waals surface area contributed by atoms with Crippen molar-refractivity contribution in [3.63, 3.8) is 0 Å². The van der Waals surface area contributed by atoms with Crippen LogP contribution in [0.4, 0.5) is 0 Å². The van der Waals surface area contributed by atoms with Gasteiger partial charge in [-0.05, 0) is 6.08 Å². The molecule has 0 aliphatic carbocycles. The largest absolute Gasteiger partial charge is 0.457 e. The maximum Gasteiger partial charge on any atom is 0.307 e. The van der Waals surface area contributed by atoms with Crippen molar-refractivity contribution in [2.24, 2.45) is 5.41 Å². The first-order chi connectivity index (χ1) is 5.42. The van der Waals surface area contributed by atoms with Crippen LogP contribution in [0, 0.1) is 5.41 Å². The normalized spacial score (nSPS) is 26.7. The number of halogens is 2. The molecule has 1 rings (SSSR count). The Balaban J connectivity index is 2.78. The summed E-state index contributed by atoms with van der Waals surface area (Å²) in [6, 6.07) is 0. The van der Waals surface area contributed by atoms with Crippen molar-refractivity contribution in [1.82, 2.24) is 0 Å². The summed E-state index contributed by atoms with van der Waals surface area (Å²) in [5, 5.41) is 0. The highest BCUT2D eigenvalue weighted by Gasteiger charge is 2.40. The molecule has 1 aliphatic rings. The number of hydrogen-bond donors (Lipinski definition) is 0. The molecule has 2 nitrogen and oxygen atoms in total. The van der Waals surface area contributed by atoms with Crippen molar-refractivity contribution < 1.29 is 9.53 Å². The number of hydrogen-bond acceptors (Lipinski definition) is 2. The Morgan fingerprint density at radius 2 is 2.25 bits per heavy atom. The molecule has 0 amide bonds. The van der Waals surface area contributed by atoms with Gasteiger partial charge in [0.25, 0.3) is 0 Å². The lowest BCUT2D eigenvalue weighted by atomic mass is 9.86. The lowest BCUT2D eigenvalue weighted by Gasteiger charge is -2.20. The second kappa shape index (κ2) is 3.27. The van der Waals surface area contributed by atoms with E-state index < -0.39 is 0 Å². The molecule has 1 saturated heterocycles. The Bertz CT molecular complexity index is 229. The molecule has 0 radical (unpaired) electrons. The number of carbonyl (C=O) groups excluding carboxylic acids is 1. The molecule has 0 aromatic rings. The van der Waals surface area contributed by atoms with Crippen LogP contribution in [0.2, 0.25) is 0 Å². The van der Waals surface area contributed by atoms with Gasteiger partial charge in [0.1, 0.15) is 10.6 Å². The minimum atomic E-state index is -0.296. The van der Waals surface area contributed by atoms with Crippen LogP contribution >= 0.6 is 23.2 Å². The molecule has 1 aliphatic heterocycles. The van der Waals surface area contributed by atoms with Gasteiger partial charge in [-0.2, -0.15) is 0 Å². The Morgan fingerprint density at radius 1 is 1.67 bits per heavy atom. The molecule has 0 saturated carbocycles. The fourth-order valence-corrected chi connectivity index (χ4v) is 1.42.